The zero-order valence-electron chi connectivity index (χ0n) is 11.6. The molecule has 1 fully saturated rings. The summed E-state index contributed by atoms with van der Waals surface area (Å²) < 4.78 is 26.5. The van der Waals surface area contributed by atoms with E-state index in [0.717, 1.165) is 12.1 Å². The van der Waals surface area contributed by atoms with Crippen LogP contribution in [-0.2, 0) is 4.79 Å². The van der Waals surface area contributed by atoms with Gasteiger partial charge >= 0.3 is 0 Å². The van der Waals surface area contributed by atoms with Crippen LogP contribution in [0.2, 0.25) is 0 Å². The molecule has 1 amide bonds. The molecule has 3 rings (SSSR count). The van der Waals surface area contributed by atoms with Gasteiger partial charge < -0.3 is 15.7 Å². The number of primary amides is 1. The van der Waals surface area contributed by atoms with E-state index >= 15 is 0 Å². The largest absolute Gasteiger partial charge is 0.378 e. The number of rotatable bonds is 2. The lowest BCUT2D eigenvalue weighted by Crippen LogP contribution is -2.56. The summed E-state index contributed by atoms with van der Waals surface area (Å²) in [6.45, 7) is 0.547. The molecule has 1 aromatic carbocycles. The number of nitrogens with zero attached hydrogens (tertiary/aromatic N) is 3. The fourth-order valence-electron chi connectivity index (χ4n) is 2.58. The van der Waals surface area contributed by atoms with E-state index in [9.17, 15) is 18.7 Å². The Balaban J connectivity index is 1.96. The number of nitrogens with two attached hydrogens (primary N) is 1. The Kier molecular flexibility index (Phi) is 3.40. The molecule has 1 aliphatic rings. The first kappa shape index (κ1) is 14.6. The number of carbonyl (C=O) groups excluding carboxylic acids is 1. The first-order valence-corrected chi connectivity index (χ1v) is 6.78. The summed E-state index contributed by atoms with van der Waals surface area (Å²) in [7, 11) is 0. The number of hydrogen-bond donors (Lipinski definition) is 2. The van der Waals surface area contributed by atoms with Gasteiger partial charge in [-0.05, 0) is 12.8 Å². The Hall–Kier alpha value is -2.35. The molecule has 8 heteroatoms. The van der Waals surface area contributed by atoms with Crippen molar-refractivity contribution in [2.24, 2.45) is 5.73 Å². The highest BCUT2D eigenvalue weighted by atomic mass is 19.2. The number of β-amino-alcohol motifs (C(OH)–C–C–N with tert-alkyl or cyclic N) is 1. The first-order chi connectivity index (χ1) is 10.4. The lowest BCUT2D eigenvalue weighted by Gasteiger charge is -2.37. The number of piperidine rings is 1. The topological polar surface area (TPSA) is 92.3 Å². The normalized spacial score (nSPS) is 22.0. The Bertz CT molecular complexity index is 755. The molecular formula is C14H14F2N4O2. The van der Waals surface area contributed by atoms with Gasteiger partial charge in [0.15, 0.2) is 17.2 Å². The Morgan fingerprint density at radius 3 is 2.68 bits per heavy atom. The van der Waals surface area contributed by atoms with Crippen LogP contribution < -0.4 is 10.6 Å². The minimum absolute atomic E-state index is 0.00774. The second kappa shape index (κ2) is 5.13. The van der Waals surface area contributed by atoms with E-state index in [0.29, 0.717) is 18.8 Å². The van der Waals surface area contributed by atoms with E-state index in [1.807, 2.05) is 0 Å². The van der Waals surface area contributed by atoms with E-state index in [1.54, 1.807) is 4.90 Å². The van der Waals surface area contributed by atoms with Gasteiger partial charge in [0.1, 0.15) is 5.82 Å². The lowest BCUT2D eigenvalue weighted by molar-refractivity contribution is -0.137. The van der Waals surface area contributed by atoms with Crippen molar-refractivity contribution in [1.82, 2.24) is 9.97 Å². The standard InChI is InChI=1S/C14H14F2N4O2/c15-8-4-10-11(5-9(8)16)19-12(6-18-10)20-3-1-2-14(22,7-20)13(17)21/h4-6,22H,1-3,7H2,(H2,17,21)/t14-/m0/s1. The molecule has 0 unspecified atom stereocenters. The smallest absolute Gasteiger partial charge is 0.251 e. The molecule has 6 nitrogen and oxygen atoms in total. The second-order valence-corrected chi connectivity index (χ2v) is 5.40. The van der Waals surface area contributed by atoms with Crippen molar-refractivity contribution >= 4 is 22.8 Å². The van der Waals surface area contributed by atoms with Crippen molar-refractivity contribution in [1.29, 1.82) is 0 Å². The van der Waals surface area contributed by atoms with Crippen molar-refractivity contribution < 1.29 is 18.7 Å². The van der Waals surface area contributed by atoms with Gasteiger partial charge in [-0.3, -0.25) is 9.78 Å². The number of benzene rings is 1. The molecule has 2 aromatic rings. The van der Waals surface area contributed by atoms with Gasteiger partial charge in [0.2, 0.25) is 0 Å². The van der Waals surface area contributed by atoms with E-state index in [2.05, 4.69) is 9.97 Å². The van der Waals surface area contributed by atoms with Crippen LogP contribution in [0.1, 0.15) is 12.8 Å². The van der Waals surface area contributed by atoms with E-state index in [1.165, 1.54) is 6.20 Å². The highest BCUT2D eigenvalue weighted by molar-refractivity contribution is 5.84. The Labute approximate surface area is 124 Å². The maximum Gasteiger partial charge on any atom is 0.251 e. The number of anilines is 1. The van der Waals surface area contributed by atoms with Gasteiger partial charge in [-0.25, -0.2) is 13.8 Å². The first-order valence-electron chi connectivity index (χ1n) is 6.78. The van der Waals surface area contributed by atoms with Crippen LogP contribution in [0.3, 0.4) is 0 Å². The monoisotopic (exact) mass is 308 g/mol. The average molecular weight is 308 g/mol. The molecule has 1 atom stereocenters. The summed E-state index contributed by atoms with van der Waals surface area (Å²) in [5.74, 6) is -2.42. The SMILES string of the molecule is NC(=O)[C@]1(O)CCCN(c2cnc3cc(F)c(F)cc3n2)C1. The summed E-state index contributed by atoms with van der Waals surface area (Å²) >= 11 is 0. The second-order valence-electron chi connectivity index (χ2n) is 5.40. The summed E-state index contributed by atoms with van der Waals surface area (Å²) in [5, 5.41) is 10.2. The maximum atomic E-state index is 13.3. The summed E-state index contributed by atoms with van der Waals surface area (Å²) in [4.78, 5) is 21.3. The molecule has 0 radical (unpaired) electrons. The molecule has 3 N–H and O–H groups in total. The zero-order chi connectivity index (χ0) is 15.9. The quantitative estimate of drug-likeness (QED) is 0.853. The van der Waals surface area contributed by atoms with Crippen LogP contribution in [0.25, 0.3) is 11.0 Å². The molecular weight excluding hydrogens is 294 g/mol. The van der Waals surface area contributed by atoms with Gasteiger partial charge in [-0.15, -0.1) is 0 Å². The summed E-state index contributed by atoms with van der Waals surface area (Å²) in [6, 6.07) is 1.93. The maximum absolute atomic E-state index is 13.3. The number of amides is 1. The molecule has 0 saturated carbocycles. The molecule has 22 heavy (non-hydrogen) atoms. The van der Waals surface area contributed by atoms with Crippen LogP contribution in [0, 0.1) is 11.6 Å². The van der Waals surface area contributed by atoms with Gasteiger partial charge in [0, 0.05) is 18.7 Å². The highest BCUT2D eigenvalue weighted by Crippen LogP contribution is 2.26. The number of aliphatic hydroxyl groups is 1. The van der Waals surface area contributed by atoms with Crippen molar-refractivity contribution in [3.8, 4) is 0 Å². The van der Waals surface area contributed by atoms with Gasteiger partial charge in [0.05, 0.1) is 23.8 Å². The molecule has 2 heterocycles. The third-order valence-corrected chi connectivity index (χ3v) is 3.83. The predicted molar refractivity (Wildman–Crippen MR) is 75.0 cm³/mol. The number of carbonyl (C=O) groups is 1. The number of halogens is 2. The van der Waals surface area contributed by atoms with Crippen molar-refractivity contribution in [3.05, 3.63) is 30.0 Å². The Morgan fingerprint density at radius 1 is 1.32 bits per heavy atom. The zero-order valence-corrected chi connectivity index (χ0v) is 11.6. The molecule has 116 valence electrons. The molecule has 1 saturated heterocycles. The molecule has 1 aromatic heterocycles. The number of hydrogen-bond acceptors (Lipinski definition) is 5. The fourth-order valence-corrected chi connectivity index (χ4v) is 2.58. The molecule has 0 bridgehead atoms. The third kappa shape index (κ3) is 2.45. The van der Waals surface area contributed by atoms with Crippen LogP contribution in [0.15, 0.2) is 18.3 Å². The third-order valence-electron chi connectivity index (χ3n) is 3.83. The van der Waals surface area contributed by atoms with E-state index < -0.39 is 23.1 Å². The lowest BCUT2D eigenvalue weighted by atomic mass is 9.92. The Morgan fingerprint density at radius 2 is 2.00 bits per heavy atom. The average Bonchev–Trinajstić information content (AvgIpc) is 2.48. The van der Waals surface area contributed by atoms with Gasteiger partial charge in [-0.2, -0.15) is 0 Å². The van der Waals surface area contributed by atoms with E-state index in [4.69, 9.17) is 5.73 Å². The highest BCUT2D eigenvalue weighted by Gasteiger charge is 2.39. The van der Waals surface area contributed by atoms with Crippen LogP contribution in [0.4, 0.5) is 14.6 Å². The van der Waals surface area contributed by atoms with E-state index in [-0.39, 0.29) is 24.0 Å². The minimum atomic E-state index is -1.62. The van der Waals surface area contributed by atoms with Crippen LogP contribution in [0.5, 0.6) is 0 Å². The molecule has 1 aliphatic heterocycles. The van der Waals surface area contributed by atoms with Crippen molar-refractivity contribution in [2.75, 3.05) is 18.0 Å². The number of fused-ring (bicyclic) bond motifs is 1. The molecule has 0 aliphatic carbocycles. The number of aromatic nitrogens is 2. The van der Waals surface area contributed by atoms with Gasteiger partial charge in [-0.1, -0.05) is 0 Å². The fraction of sp³-hybridized carbons (Fsp3) is 0.357. The van der Waals surface area contributed by atoms with Crippen LogP contribution >= 0.6 is 0 Å². The minimum Gasteiger partial charge on any atom is -0.378 e. The van der Waals surface area contributed by atoms with Crippen molar-refractivity contribution in [2.45, 2.75) is 18.4 Å². The van der Waals surface area contributed by atoms with Crippen LogP contribution in [-0.4, -0.2) is 39.7 Å². The molecule has 0 spiro atoms. The predicted octanol–water partition coefficient (Wildman–Crippen LogP) is 0.725. The van der Waals surface area contributed by atoms with Crippen molar-refractivity contribution in [3.63, 3.8) is 0 Å². The summed E-state index contributed by atoms with van der Waals surface area (Å²) in [6.07, 6.45) is 2.23. The van der Waals surface area contributed by atoms with Gasteiger partial charge in [0.25, 0.3) is 5.91 Å². The summed E-state index contributed by atoms with van der Waals surface area (Å²) in [5.41, 5.74) is 4.03.